The second kappa shape index (κ2) is 2.66. The smallest absolute Gasteiger partial charge is 0.174 e. The number of halogens is 1. The fourth-order valence-electron chi connectivity index (χ4n) is 0.916. The van der Waals surface area contributed by atoms with E-state index < -0.39 is 0 Å². The number of furan rings is 1. The van der Waals surface area contributed by atoms with Gasteiger partial charge < -0.3 is 10.2 Å². The summed E-state index contributed by atoms with van der Waals surface area (Å²) in [6.07, 6.45) is 1.55. The zero-order valence-electron chi connectivity index (χ0n) is 6.02. The SMILES string of the molecule is CC(C)c1c(N)coc1Br. The van der Waals surface area contributed by atoms with Crippen molar-refractivity contribution < 1.29 is 4.42 Å². The molecule has 0 saturated carbocycles. The number of anilines is 1. The van der Waals surface area contributed by atoms with Crippen LogP contribution in [0.25, 0.3) is 0 Å². The molecule has 1 aromatic heterocycles. The summed E-state index contributed by atoms with van der Waals surface area (Å²) in [6, 6.07) is 0. The normalized spacial score (nSPS) is 10.8. The second-order valence-corrected chi connectivity index (χ2v) is 3.25. The number of nitrogen functional groups attached to an aromatic ring is 1. The minimum absolute atomic E-state index is 0.410. The van der Waals surface area contributed by atoms with E-state index in [1.807, 2.05) is 0 Å². The Balaban J connectivity index is 3.10. The van der Waals surface area contributed by atoms with Crippen LogP contribution in [0.4, 0.5) is 5.69 Å². The lowest BCUT2D eigenvalue weighted by atomic mass is 10.1. The third-order valence-corrected chi connectivity index (χ3v) is 2.00. The molecule has 1 aromatic rings. The molecule has 2 N–H and O–H groups in total. The van der Waals surface area contributed by atoms with Crippen LogP contribution in [-0.2, 0) is 0 Å². The Morgan fingerprint density at radius 3 is 2.40 bits per heavy atom. The van der Waals surface area contributed by atoms with Gasteiger partial charge >= 0.3 is 0 Å². The maximum Gasteiger partial charge on any atom is 0.174 e. The highest BCUT2D eigenvalue weighted by Gasteiger charge is 2.11. The van der Waals surface area contributed by atoms with E-state index >= 15 is 0 Å². The van der Waals surface area contributed by atoms with Gasteiger partial charge in [0, 0.05) is 5.56 Å². The molecule has 0 bridgehead atoms. The number of rotatable bonds is 1. The topological polar surface area (TPSA) is 39.2 Å². The highest BCUT2D eigenvalue weighted by Crippen LogP contribution is 2.31. The first-order chi connectivity index (χ1) is 4.63. The van der Waals surface area contributed by atoms with E-state index in [0.29, 0.717) is 5.92 Å². The molecule has 2 nitrogen and oxygen atoms in total. The van der Waals surface area contributed by atoms with Crippen molar-refractivity contribution in [2.45, 2.75) is 19.8 Å². The Kier molecular flexibility index (Phi) is 2.04. The van der Waals surface area contributed by atoms with Crippen LogP contribution in [0.5, 0.6) is 0 Å². The van der Waals surface area contributed by atoms with Crippen molar-refractivity contribution in [1.29, 1.82) is 0 Å². The molecule has 0 amide bonds. The first-order valence-electron chi connectivity index (χ1n) is 3.15. The Morgan fingerprint density at radius 1 is 1.60 bits per heavy atom. The summed E-state index contributed by atoms with van der Waals surface area (Å²) in [5, 5.41) is 0. The van der Waals surface area contributed by atoms with Gasteiger partial charge in [0.1, 0.15) is 6.26 Å². The van der Waals surface area contributed by atoms with Crippen molar-refractivity contribution in [2.24, 2.45) is 0 Å². The number of hydrogen-bond donors (Lipinski definition) is 1. The summed E-state index contributed by atoms with van der Waals surface area (Å²) in [4.78, 5) is 0. The molecule has 56 valence electrons. The average molecular weight is 204 g/mol. The van der Waals surface area contributed by atoms with Crippen LogP contribution in [0.15, 0.2) is 15.3 Å². The zero-order chi connectivity index (χ0) is 7.72. The summed E-state index contributed by atoms with van der Waals surface area (Å²) in [5.74, 6) is 0.410. The molecule has 0 fully saturated rings. The minimum Gasteiger partial charge on any atom is -0.455 e. The van der Waals surface area contributed by atoms with E-state index in [-0.39, 0.29) is 0 Å². The van der Waals surface area contributed by atoms with Crippen LogP contribution in [-0.4, -0.2) is 0 Å². The molecule has 0 saturated heterocycles. The Bertz CT molecular complexity index is 210. The lowest BCUT2D eigenvalue weighted by molar-refractivity contribution is 0.535. The van der Waals surface area contributed by atoms with E-state index in [1.165, 1.54) is 0 Å². The molecule has 0 aliphatic heterocycles. The van der Waals surface area contributed by atoms with E-state index in [1.54, 1.807) is 6.26 Å². The van der Waals surface area contributed by atoms with Crippen molar-refractivity contribution in [3.05, 3.63) is 16.5 Å². The first kappa shape index (κ1) is 7.66. The van der Waals surface area contributed by atoms with Crippen LogP contribution >= 0.6 is 15.9 Å². The summed E-state index contributed by atoms with van der Waals surface area (Å²) in [6.45, 7) is 4.15. The molecule has 1 heterocycles. The van der Waals surface area contributed by atoms with Crippen molar-refractivity contribution in [3.8, 4) is 0 Å². The van der Waals surface area contributed by atoms with E-state index in [4.69, 9.17) is 10.2 Å². The average Bonchev–Trinajstić information content (AvgIpc) is 2.11. The molecule has 0 aromatic carbocycles. The standard InChI is InChI=1S/C7H10BrNO/c1-4(2)6-5(9)3-10-7(6)8/h3-4H,9H2,1-2H3. The van der Waals surface area contributed by atoms with Crippen LogP contribution in [0.1, 0.15) is 25.3 Å². The predicted molar refractivity (Wildman–Crippen MR) is 44.9 cm³/mol. The summed E-state index contributed by atoms with van der Waals surface area (Å²) in [7, 11) is 0. The minimum atomic E-state index is 0.410. The van der Waals surface area contributed by atoms with E-state index in [2.05, 4.69) is 29.8 Å². The molecule has 0 radical (unpaired) electrons. The highest BCUT2D eigenvalue weighted by atomic mass is 79.9. The van der Waals surface area contributed by atoms with Crippen LogP contribution in [0, 0.1) is 0 Å². The molecule has 0 spiro atoms. The molecule has 10 heavy (non-hydrogen) atoms. The summed E-state index contributed by atoms with van der Waals surface area (Å²) >= 11 is 3.27. The van der Waals surface area contributed by atoms with Gasteiger partial charge in [0.05, 0.1) is 5.69 Å². The van der Waals surface area contributed by atoms with Gasteiger partial charge in [0.25, 0.3) is 0 Å². The van der Waals surface area contributed by atoms with E-state index in [9.17, 15) is 0 Å². The van der Waals surface area contributed by atoms with Crippen LogP contribution < -0.4 is 5.73 Å². The monoisotopic (exact) mass is 203 g/mol. The quantitative estimate of drug-likeness (QED) is 0.763. The molecule has 1 rings (SSSR count). The fourth-order valence-corrected chi connectivity index (χ4v) is 1.70. The Hall–Kier alpha value is -0.440. The second-order valence-electron chi connectivity index (χ2n) is 2.53. The zero-order valence-corrected chi connectivity index (χ0v) is 7.60. The number of nitrogens with two attached hydrogens (primary N) is 1. The molecular formula is C7H10BrNO. The molecule has 0 atom stereocenters. The van der Waals surface area contributed by atoms with Gasteiger partial charge in [-0.25, -0.2) is 0 Å². The fraction of sp³-hybridized carbons (Fsp3) is 0.429. The van der Waals surface area contributed by atoms with Gasteiger partial charge in [-0.15, -0.1) is 0 Å². The summed E-state index contributed by atoms with van der Waals surface area (Å²) in [5.41, 5.74) is 7.40. The van der Waals surface area contributed by atoms with Crippen molar-refractivity contribution >= 4 is 21.6 Å². The van der Waals surface area contributed by atoms with Crippen LogP contribution in [0.2, 0.25) is 0 Å². The van der Waals surface area contributed by atoms with Gasteiger partial charge in [-0.1, -0.05) is 13.8 Å². The molecule has 3 heteroatoms. The maximum absolute atomic E-state index is 5.62. The van der Waals surface area contributed by atoms with Gasteiger partial charge in [-0.05, 0) is 21.8 Å². The van der Waals surface area contributed by atoms with Crippen molar-refractivity contribution in [3.63, 3.8) is 0 Å². The largest absolute Gasteiger partial charge is 0.455 e. The van der Waals surface area contributed by atoms with Crippen molar-refractivity contribution in [2.75, 3.05) is 5.73 Å². The third-order valence-electron chi connectivity index (χ3n) is 1.39. The molecule has 0 unspecified atom stereocenters. The lowest BCUT2D eigenvalue weighted by Crippen LogP contribution is -1.91. The van der Waals surface area contributed by atoms with Gasteiger partial charge in [0.15, 0.2) is 4.67 Å². The lowest BCUT2D eigenvalue weighted by Gasteiger charge is -2.01. The molecule has 0 aliphatic rings. The Morgan fingerprint density at radius 2 is 2.20 bits per heavy atom. The Labute approximate surface area is 68.5 Å². The molecule has 0 aliphatic carbocycles. The summed E-state index contributed by atoms with van der Waals surface area (Å²) < 4.78 is 5.80. The molecular weight excluding hydrogens is 194 g/mol. The number of hydrogen-bond acceptors (Lipinski definition) is 2. The van der Waals surface area contributed by atoms with Gasteiger partial charge in [0.2, 0.25) is 0 Å². The van der Waals surface area contributed by atoms with E-state index in [0.717, 1.165) is 15.9 Å². The first-order valence-corrected chi connectivity index (χ1v) is 3.94. The van der Waals surface area contributed by atoms with Crippen molar-refractivity contribution in [1.82, 2.24) is 0 Å². The predicted octanol–water partition coefficient (Wildman–Crippen LogP) is 2.75. The van der Waals surface area contributed by atoms with Crippen LogP contribution in [0.3, 0.4) is 0 Å². The van der Waals surface area contributed by atoms with Gasteiger partial charge in [-0.2, -0.15) is 0 Å². The van der Waals surface area contributed by atoms with Gasteiger partial charge in [-0.3, -0.25) is 0 Å². The maximum atomic E-state index is 5.62. The highest BCUT2D eigenvalue weighted by molar-refractivity contribution is 9.10. The third kappa shape index (κ3) is 1.19.